The number of aliphatic hydroxyl groups is 1. The maximum atomic E-state index is 15.8. The lowest BCUT2D eigenvalue weighted by Crippen LogP contribution is -2.62. The number of thioether (sulfide) groups is 1. The van der Waals surface area contributed by atoms with Crippen LogP contribution in [0.25, 0.3) is 21.0 Å². The lowest BCUT2D eigenvalue weighted by molar-refractivity contribution is -0.149. The van der Waals surface area contributed by atoms with Crippen LogP contribution in [0.1, 0.15) is 127 Å². The number of phenols is 1. The summed E-state index contributed by atoms with van der Waals surface area (Å²) in [5, 5.41) is 71.8. The summed E-state index contributed by atoms with van der Waals surface area (Å²) in [4.78, 5) is 266. The van der Waals surface area contributed by atoms with Crippen LogP contribution < -0.4 is 70.0 Å². The number of aliphatic carboxylic acids is 1. The highest BCUT2D eigenvalue weighted by Gasteiger charge is 2.46. The van der Waals surface area contributed by atoms with Crippen molar-refractivity contribution >= 4 is 151 Å². The number of aromatic nitrogens is 3. The molecule has 0 spiro atoms. The van der Waals surface area contributed by atoms with Crippen molar-refractivity contribution in [2.45, 2.75) is 215 Å². The fourth-order valence-corrected chi connectivity index (χ4v) is 18.3. The van der Waals surface area contributed by atoms with Gasteiger partial charge in [-0.05, 0) is 116 Å². The lowest BCUT2D eigenvalue weighted by atomic mass is 10.00. The normalized spacial score (nSPS) is 24.2. The molecule has 6 aromatic rings. The van der Waals surface area contributed by atoms with Crippen molar-refractivity contribution in [3.8, 4) is 5.75 Å². The molecule has 45 heteroatoms. The number of primary amides is 1. The SMILES string of the molecule is CCCC[C@H]1C(=O)N(C)[C@@H](CCOC)C(=O)N[C@@H](CCCNC(=N)N)C(=O)NC(C(=O)NCC(N)=O)CSCC(=O)N[C@@H](Cc2ccc(O)cc2)C(=O)N(C)[C@@H](C)C(=O)N[C@@H](CC(=O)O)C(=O)N2CCC[C@H]2C(=O)N[C@@H](Cc2cnc[nH]2)C(=O)N[C@@H](CC(C)C)C(=O)N2CCC[C@H]2C(=O)N[C@@H](Cc2c[nH]c3ccccc23)C(=O)N[C@@H](CO)C(=O)N[C@@H](Cc2csc3ccccc23)C(=O)N1C. The largest absolute Gasteiger partial charge is 0.508 e. The van der Waals surface area contributed by atoms with Crippen LogP contribution in [0, 0.1) is 11.3 Å². The Labute approximate surface area is 788 Å². The van der Waals surface area contributed by atoms with E-state index in [0.717, 1.165) is 36.1 Å². The number of benzene rings is 3. The van der Waals surface area contributed by atoms with Gasteiger partial charge in [0.2, 0.25) is 94.5 Å². The molecular formula is C90H124N22O21S2. The summed E-state index contributed by atoms with van der Waals surface area (Å²) in [6.45, 7) is 4.48. The van der Waals surface area contributed by atoms with E-state index in [9.17, 15) is 58.5 Å². The highest BCUT2D eigenvalue weighted by atomic mass is 32.2. The zero-order chi connectivity index (χ0) is 98.4. The van der Waals surface area contributed by atoms with Gasteiger partial charge in [-0.1, -0.05) is 82.1 Å². The first-order chi connectivity index (χ1) is 64.4. The summed E-state index contributed by atoms with van der Waals surface area (Å²) in [6.07, 6.45) is 3.02. The number of fused-ring (bicyclic) bond motifs is 4. The molecule has 9 rings (SSSR count). The van der Waals surface area contributed by atoms with Crippen LogP contribution in [0.2, 0.25) is 0 Å². The van der Waals surface area contributed by atoms with Crippen molar-refractivity contribution in [2.24, 2.45) is 17.4 Å². The van der Waals surface area contributed by atoms with Crippen molar-refractivity contribution < 1.29 is 102 Å². The number of likely N-dealkylation sites (N-methyl/N-ethyl adjacent to an activating group) is 3. The van der Waals surface area contributed by atoms with Gasteiger partial charge in [-0.25, -0.2) is 4.98 Å². The number of nitrogens with zero attached hydrogens (tertiary/aromatic N) is 6. The van der Waals surface area contributed by atoms with E-state index in [2.05, 4.69) is 73.4 Å². The number of ether oxygens (including phenoxy) is 1. The van der Waals surface area contributed by atoms with E-state index in [1.54, 1.807) is 55.8 Å². The van der Waals surface area contributed by atoms with Crippen LogP contribution in [0.15, 0.2) is 96.9 Å². The average molecular weight is 1910 g/mol. The molecule has 6 heterocycles. The molecule has 732 valence electrons. The predicted molar refractivity (Wildman–Crippen MR) is 497 cm³/mol. The van der Waals surface area contributed by atoms with Crippen molar-refractivity contribution in [1.29, 1.82) is 5.41 Å². The minimum absolute atomic E-state index is 0.0135. The maximum absolute atomic E-state index is 15.8. The smallest absolute Gasteiger partial charge is 0.305 e. The number of hydrogen-bond acceptors (Lipinski definition) is 24. The number of carboxylic acid groups (broad SMARTS) is 1. The highest BCUT2D eigenvalue weighted by Crippen LogP contribution is 2.30. The van der Waals surface area contributed by atoms with E-state index >= 15 is 38.4 Å². The zero-order valence-electron chi connectivity index (χ0n) is 76.7. The fourth-order valence-electron chi connectivity index (χ4n) is 16.5. The van der Waals surface area contributed by atoms with E-state index in [1.807, 2.05) is 25.1 Å². The number of hydrogen-bond donors (Lipinski definition) is 19. The Morgan fingerprint density at radius 2 is 1.16 bits per heavy atom. The zero-order valence-corrected chi connectivity index (χ0v) is 78.3. The Kier molecular flexibility index (Phi) is 39.6. The number of nitrogens with two attached hydrogens (primary N) is 2. The number of aliphatic hydroxyl groups excluding tert-OH is 1. The van der Waals surface area contributed by atoms with Crippen LogP contribution >= 0.6 is 23.1 Å². The topological polar surface area (TPSA) is 629 Å². The van der Waals surface area contributed by atoms with Gasteiger partial charge in [0.25, 0.3) is 0 Å². The van der Waals surface area contributed by atoms with E-state index in [0.29, 0.717) is 51.5 Å². The Balaban J connectivity index is 1.10. The second-order valence-electron chi connectivity index (χ2n) is 34.2. The van der Waals surface area contributed by atoms with Crippen molar-refractivity contribution in [2.75, 3.05) is 79.2 Å². The molecule has 0 saturated carbocycles. The van der Waals surface area contributed by atoms with E-state index < -0.39 is 222 Å². The number of thiophene rings is 1. The quantitative estimate of drug-likeness (QED) is 0.0163. The number of H-pyrrole nitrogens is 2. The van der Waals surface area contributed by atoms with Gasteiger partial charge in [-0.3, -0.25) is 86.9 Å². The molecule has 3 fully saturated rings. The third-order valence-electron chi connectivity index (χ3n) is 23.9. The van der Waals surface area contributed by atoms with E-state index in [4.69, 9.17) is 21.6 Å². The Bertz CT molecular complexity index is 5210. The molecular weight excluding hydrogens is 1790 g/mol. The number of guanidine groups is 1. The number of aromatic amines is 2. The number of methoxy groups -OCH3 is 1. The number of carbonyl (C=O) groups excluding carboxylic acids is 16. The summed E-state index contributed by atoms with van der Waals surface area (Å²) in [7, 11) is 5.17. The number of rotatable bonds is 26. The Morgan fingerprint density at radius 1 is 0.593 bits per heavy atom. The lowest BCUT2D eigenvalue weighted by Gasteiger charge is -2.36. The minimum atomic E-state index is -1.89. The average Bonchev–Trinajstić information content (AvgIpc) is 1.75. The molecule has 43 nitrogen and oxygen atoms in total. The van der Waals surface area contributed by atoms with Crippen molar-refractivity contribution in [1.82, 2.24) is 97.9 Å². The number of carboxylic acids is 1. The Hall–Kier alpha value is -13.3. The monoisotopic (exact) mass is 1910 g/mol. The Morgan fingerprint density at radius 3 is 1.79 bits per heavy atom. The number of para-hydroxylation sites is 1. The van der Waals surface area contributed by atoms with Crippen LogP contribution in [0.5, 0.6) is 5.75 Å². The molecule has 3 aromatic carbocycles. The van der Waals surface area contributed by atoms with Crippen LogP contribution in [0.3, 0.4) is 0 Å². The van der Waals surface area contributed by atoms with Gasteiger partial charge < -0.3 is 124 Å². The van der Waals surface area contributed by atoms with Gasteiger partial charge in [0, 0.05) is 126 Å². The number of phenolic OH excluding ortho intramolecular Hbond substituents is 1. The first-order valence-electron chi connectivity index (χ1n) is 44.8. The summed E-state index contributed by atoms with van der Waals surface area (Å²) in [6, 6.07) is -1.84. The predicted octanol–water partition coefficient (Wildman–Crippen LogP) is -1.72. The second kappa shape index (κ2) is 50.7. The minimum Gasteiger partial charge on any atom is -0.508 e. The third kappa shape index (κ3) is 29.6. The molecule has 3 aliphatic rings. The van der Waals surface area contributed by atoms with Crippen LogP contribution in [-0.4, -0.2) is 325 Å². The van der Waals surface area contributed by atoms with Gasteiger partial charge in [-0.2, -0.15) is 0 Å². The van der Waals surface area contributed by atoms with E-state index in [-0.39, 0.29) is 121 Å². The number of amides is 16. The van der Waals surface area contributed by atoms with Gasteiger partial charge in [-0.15, -0.1) is 23.1 Å². The molecule has 0 radical (unpaired) electrons. The molecule has 3 aliphatic heterocycles. The summed E-state index contributed by atoms with van der Waals surface area (Å²) >= 11 is 2.09. The van der Waals surface area contributed by atoms with Crippen LogP contribution in [0.4, 0.5) is 0 Å². The summed E-state index contributed by atoms with van der Waals surface area (Å²) in [5.41, 5.74) is 13.5. The number of carbonyl (C=O) groups is 17. The van der Waals surface area contributed by atoms with Gasteiger partial charge in [0.1, 0.15) is 90.3 Å². The number of imidazole rings is 1. The molecule has 0 aliphatic carbocycles. The van der Waals surface area contributed by atoms with Gasteiger partial charge >= 0.3 is 5.97 Å². The summed E-state index contributed by atoms with van der Waals surface area (Å²) in [5.74, 6) is -18.4. The summed E-state index contributed by atoms with van der Waals surface area (Å²) < 4.78 is 6.27. The maximum Gasteiger partial charge on any atom is 0.305 e. The first kappa shape index (κ1) is 105. The highest BCUT2D eigenvalue weighted by molar-refractivity contribution is 8.00. The molecule has 3 aromatic heterocycles. The molecule has 3 saturated heterocycles. The molecule has 16 amide bonds. The number of nitrogens with one attached hydrogen (secondary N) is 14. The third-order valence-corrected chi connectivity index (χ3v) is 26.0. The molecule has 0 bridgehead atoms. The molecule has 21 N–H and O–H groups in total. The number of unbranched alkanes of at least 4 members (excludes halogenated alkanes) is 1. The van der Waals surface area contributed by atoms with E-state index in [1.165, 1.54) is 88.2 Å². The van der Waals surface area contributed by atoms with Crippen molar-refractivity contribution in [3.05, 3.63) is 119 Å². The van der Waals surface area contributed by atoms with Crippen LogP contribution in [-0.2, 0) is 112 Å². The van der Waals surface area contributed by atoms with Crippen molar-refractivity contribution in [3.63, 3.8) is 0 Å². The molecule has 14 atom stereocenters. The van der Waals surface area contributed by atoms with Gasteiger partial charge in [0.05, 0.1) is 31.7 Å². The molecule has 1 unspecified atom stereocenters. The fraction of sp³-hybridized carbons (Fsp3) is 0.522. The first-order valence-corrected chi connectivity index (χ1v) is 46.9. The standard InChI is InChI=1S/C90H124N22O21S2/c1-9-10-22-71-89(132)109(6)68(30-34-133-8)82(125)100-59(21-15-31-95-90(92)93)78(121)107-67(77(120)97-43-73(91)115)46-134-47-74(116)99-63(36-51-26-28-55(114)29-27-51)85(128)108(5)50(4)76(119)103-65(40-75(117)118)88(131)112-33-17-24-70(112)84(127)102-61(39-54-42-94-48-98-54)80(123)104-62(35-49(2)3)87(130)111-32-16-23-69(111)83(126)101-60(37-52-41-96-58-20-13-11-18-56(52)58)79(122)106-66(44-113)81(124)105-64(86(129)110(71)7)38-53-45-135-72-25-14-12-19-57(53)72/h11-14,18-20,25-29,41-42,45,48-50,59-71,96,113-114H,9-10,15-17,21-24,30-40,43-44,46-47H2,1-8H3,(H2,91,115)(H,94,98)(H,97,120)(H,99,116)(H,100,125)(H,101,126)(H,102,127)(H,103,119)(H,104,123)(H,105,124)(H,106,122)(H,107,121)(H,117,118)(H4,92,93,95)/t50-,59-,60-,61-,62-,63-,64-,65-,66-,67?,68-,69-,70-,71-/m0/s1. The number of aromatic hydroxyl groups is 1. The van der Waals surface area contributed by atoms with Gasteiger partial charge in [0.15, 0.2) is 5.96 Å². The second-order valence-corrected chi connectivity index (χ2v) is 36.2. The molecule has 135 heavy (non-hydrogen) atoms.